The van der Waals surface area contributed by atoms with Gasteiger partial charge in [0.2, 0.25) is 5.91 Å². The summed E-state index contributed by atoms with van der Waals surface area (Å²) in [6, 6.07) is 0. The van der Waals surface area contributed by atoms with Crippen molar-refractivity contribution in [3.63, 3.8) is 0 Å². The molecule has 2 fully saturated rings. The SMILES string of the molecule is CC1=C(N2CCC3(CCN(C[C@@H](O)c4cnc(-n5cnnn5)cn4)CC3)C2=O)COC1=O. The number of esters is 1. The van der Waals surface area contributed by atoms with Gasteiger partial charge in [-0.05, 0) is 49.7 Å². The molecule has 32 heavy (non-hydrogen) atoms. The molecule has 0 unspecified atom stereocenters. The number of ether oxygens (including phenoxy) is 1. The highest BCUT2D eigenvalue weighted by Crippen LogP contribution is 2.43. The largest absolute Gasteiger partial charge is 0.456 e. The fraction of sp³-hybridized carbons (Fsp3) is 0.550. The van der Waals surface area contributed by atoms with Crippen LogP contribution in [-0.4, -0.2) is 89.7 Å². The van der Waals surface area contributed by atoms with E-state index >= 15 is 0 Å². The summed E-state index contributed by atoms with van der Waals surface area (Å²) >= 11 is 0. The van der Waals surface area contributed by atoms with Gasteiger partial charge in [-0.2, -0.15) is 4.68 Å². The summed E-state index contributed by atoms with van der Waals surface area (Å²) in [5.41, 5.74) is 1.31. The molecule has 1 N–H and O–H groups in total. The first-order chi connectivity index (χ1) is 15.5. The lowest BCUT2D eigenvalue weighted by atomic mass is 9.77. The van der Waals surface area contributed by atoms with Crippen LogP contribution in [-0.2, 0) is 14.3 Å². The molecule has 5 rings (SSSR count). The van der Waals surface area contributed by atoms with Gasteiger partial charge in [-0.25, -0.2) is 9.78 Å². The van der Waals surface area contributed by atoms with Crippen LogP contribution in [0.25, 0.3) is 5.82 Å². The molecule has 2 saturated heterocycles. The van der Waals surface area contributed by atoms with E-state index < -0.39 is 11.5 Å². The zero-order chi connectivity index (χ0) is 22.3. The second-order valence-corrected chi connectivity index (χ2v) is 8.51. The molecule has 2 aromatic heterocycles. The highest BCUT2D eigenvalue weighted by molar-refractivity contribution is 5.94. The minimum Gasteiger partial charge on any atom is -0.456 e. The lowest BCUT2D eigenvalue weighted by molar-refractivity contribution is -0.138. The second-order valence-electron chi connectivity index (χ2n) is 8.51. The maximum atomic E-state index is 13.2. The topological polar surface area (TPSA) is 139 Å². The van der Waals surface area contributed by atoms with Crippen molar-refractivity contribution in [2.75, 3.05) is 32.8 Å². The van der Waals surface area contributed by atoms with Gasteiger partial charge in [0.15, 0.2) is 5.82 Å². The minimum absolute atomic E-state index is 0.0920. The van der Waals surface area contributed by atoms with Crippen LogP contribution >= 0.6 is 0 Å². The van der Waals surface area contributed by atoms with Crippen molar-refractivity contribution in [1.82, 2.24) is 40.0 Å². The Morgan fingerprint density at radius 1 is 1.16 bits per heavy atom. The first-order valence-corrected chi connectivity index (χ1v) is 10.6. The Morgan fingerprint density at radius 3 is 2.56 bits per heavy atom. The summed E-state index contributed by atoms with van der Waals surface area (Å²) in [6.45, 7) is 4.34. The molecule has 0 aromatic carbocycles. The van der Waals surface area contributed by atoms with Crippen molar-refractivity contribution >= 4 is 11.9 Å². The highest BCUT2D eigenvalue weighted by atomic mass is 16.5. The summed E-state index contributed by atoms with van der Waals surface area (Å²) in [6.07, 6.45) is 5.89. The number of carbonyl (C=O) groups excluding carboxylic acids is 2. The van der Waals surface area contributed by atoms with Crippen LogP contribution in [0.1, 0.15) is 38.0 Å². The van der Waals surface area contributed by atoms with Crippen molar-refractivity contribution in [2.45, 2.75) is 32.3 Å². The normalized spacial score (nSPS) is 22.1. The maximum Gasteiger partial charge on any atom is 0.336 e. The van der Waals surface area contributed by atoms with Crippen molar-refractivity contribution in [3.8, 4) is 5.82 Å². The van der Waals surface area contributed by atoms with E-state index in [0.29, 0.717) is 49.0 Å². The first-order valence-electron chi connectivity index (χ1n) is 10.6. The van der Waals surface area contributed by atoms with E-state index in [4.69, 9.17) is 4.74 Å². The molecule has 1 atom stereocenters. The summed E-state index contributed by atoms with van der Waals surface area (Å²) < 4.78 is 6.47. The number of aliphatic hydroxyl groups excluding tert-OH is 1. The van der Waals surface area contributed by atoms with Gasteiger partial charge in [0.25, 0.3) is 0 Å². The van der Waals surface area contributed by atoms with E-state index in [-0.39, 0.29) is 18.5 Å². The molecule has 5 heterocycles. The van der Waals surface area contributed by atoms with Crippen LogP contribution < -0.4 is 0 Å². The van der Waals surface area contributed by atoms with Gasteiger partial charge in [-0.15, -0.1) is 5.10 Å². The van der Waals surface area contributed by atoms with Crippen LogP contribution in [0.5, 0.6) is 0 Å². The number of carbonyl (C=O) groups is 2. The van der Waals surface area contributed by atoms with Gasteiger partial charge in [0, 0.05) is 13.1 Å². The van der Waals surface area contributed by atoms with Crippen molar-refractivity contribution in [2.24, 2.45) is 5.41 Å². The standard InChI is InChI=1S/C20H24N8O4/c1-13-15(11-32-18(13)30)27-7-4-20(19(27)31)2-5-26(6-3-20)10-16(29)14-8-22-17(9-21-14)28-12-23-24-25-28/h8-9,12,16,29H,2-7,10-11H2,1H3/t16-/m1/s1. The van der Waals surface area contributed by atoms with E-state index in [1.165, 1.54) is 23.4 Å². The number of hydrogen-bond donors (Lipinski definition) is 1. The Kier molecular flexibility index (Phi) is 5.18. The highest BCUT2D eigenvalue weighted by Gasteiger charge is 2.50. The molecular weight excluding hydrogens is 416 g/mol. The lowest BCUT2D eigenvalue weighted by Gasteiger charge is -2.38. The molecular formula is C20H24N8O4. The molecule has 3 aliphatic rings. The van der Waals surface area contributed by atoms with Gasteiger partial charge in [-0.3, -0.25) is 9.78 Å². The number of aromatic nitrogens is 6. The predicted molar refractivity (Wildman–Crippen MR) is 108 cm³/mol. The molecule has 3 aliphatic heterocycles. The van der Waals surface area contributed by atoms with Crippen molar-refractivity contribution in [1.29, 1.82) is 0 Å². The third-order valence-corrected chi connectivity index (χ3v) is 6.75. The second kappa shape index (κ2) is 8.02. The fourth-order valence-electron chi connectivity index (χ4n) is 4.68. The zero-order valence-electron chi connectivity index (χ0n) is 17.7. The Hall–Kier alpha value is -3.25. The zero-order valence-corrected chi connectivity index (χ0v) is 17.7. The number of rotatable bonds is 5. The van der Waals surface area contributed by atoms with Crippen LogP contribution in [0.3, 0.4) is 0 Å². The molecule has 12 nitrogen and oxygen atoms in total. The van der Waals surface area contributed by atoms with Crippen LogP contribution in [0, 0.1) is 5.41 Å². The number of tetrazole rings is 1. The number of likely N-dealkylation sites (tertiary alicyclic amines) is 2. The monoisotopic (exact) mass is 440 g/mol. The predicted octanol–water partition coefficient (Wildman–Crippen LogP) is -0.369. The van der Waals surface area contributed by atoms with E-state index in [1.54, 1.807) is 11.8 Å². The fourth-order valence-corrected chi connectivity index (χ4v) is 4.68. The lowest BCUT2D eigenvalue weighted by Crippen LogP contribution is -2.45. The molecule has 12 heteroatoms. The summed E-state index contributed by atoms with van der Waals surface area (Å²) in [7, 11) is 0. The molecule has 1 spiro atoms. The summed E-state index contributed by atoms with van der Waals surface area (Å²) in [5.74, 6) is 0.218. The molecule has 0 saturated carbocycles. The molecule has 1 amide bonds. The Morgan fingerprint density at radius 2 is 1.94 bits per heavy atom. The van der Waals surface area contributed by atoms with Crippen LogP contribution in [0.4, 0.5) is 0 Å². The van der Waals surface area contributed by atoms with E-state index in [9.17, 15) is 14.7 Å². The average molecular weight is 440 g/mol. The quantitative estimate of drug-likeness (QED) is 0.613. The van der Waals surface area contributed by atoms with E-state index in [1.807, 2.05) is 0 Å². The third-order valence-electron chi connectivity index (χ3n) is 6.75. The number of piperidine rings is 1. The summed E-state index contributed by atoms with van der Waals surface area (Å²) in [5, 5.41) is 21.5. The third kappa shape index (κ3) is 3.54. The number of aliphatic hydroxyl groups is 1. The number of nitrogens with zero attached hydrogens (tertiary/aromatic N) is 8. The Bertz CT molecular complexity index is 1040. The molecule has 0 radical (unpaired) electrons. The Balaban J connectivity index is 1.18. The minimum atomic E-state index is -0.787. The first kappa shape index (κ1) is 20.6. The van der Waals surface area contributed by atoms with Crippen molar-refractivity contribution in [3.05, 3.63) is 35.7 Å². The average Bonchev–Trinajstić information content (AvgIpc) is 3.53. The smallest absolute Gasteiger partial charge is 0.336 e. The van der Waals surface area contributed by atoms with Crippen LogP contribution in [0.15, 0.2) is 30.0 Å². The number of cyclic esters (lactones) is 1. The maximum absolute atomic E-state index is 13.2. The van der Waals surface area contributed by atoms with Gasteiger partial charge < -0.3 is 19.6 Å². The summed E-state index contributed by atoms with van der Waals surface area (Å²) in [4.78, 5) is 37.3. The van der Waals surface area contributed by atoms with Crippen LogP contribution in [0.2, 0.25) is 0 Å². The van der Waals surface area contributed by atoms with E-state index in [0.717, 1.165) is 19.3 Å². The molecule has 2 aromatic rings. The number of hydrogen-bond acceptors (Lipinski definition) is 10. The van der Waals surface area contributed by atoms with Crippen molar-refractivity contribution < 1.29 is 19.4 Å². The van der Waals surface area contributed by atoms with Gasteiger partial charge in [0.1, 0.15) is 19.0 Å². The van der Waals surface area contributed by atoms with E-state index in [2.05, 4.69) is 30.4 Å². The van der Waals surface area contributed by atoms with Gasteiger partial charge in [0.05, 0.1) is 34.8 Å². The van der Waals surface area contributed by atoms with Gasteiger partial charge >= 0.3 is 5.97 Å². The number of β-amino-alcohol motifs (C(OH)–C–C–N with tert-alkyl or cyclic N) is 1. The Labute approximate surface area is 183 Å². The molecule has 0 bridgehead atoms. The number of amides is 1. The van der Waals surface area contributed by atoms with Gasteiger partial charge in [-0.1, -0.05) is 0 Å². The molecule has 0 aliphatic carbocycles. The molecule has 168 valence electrons.